The molecule has 0 spiro atoms. The fourth-order valence-electron chi connectivity index (χ4n) is 3.48. The van der Waals surface area contributed by atoms with Crippen LogP contribution >= 0.6 is 0 Å². The summed E-state index contributed by atoms with van der Waals surface area (Å²) >= 11 is 0. The number of hydrogen-bond donors (Lipinski definition) is 2. The number of hydrogen-bond acceptors (Lipinski definition) is 7. The smallest absolute Gasteiger partial charge is 0.276 e. The Hall–Kier alpha value is -4.21. The number of nitrogens with zero attached hydrogens (tertiary/aromatic N) is 2. The summed E-state index contributed by atoms with van der Waals surface area (Å²) < 4.78 is 23.5. The lowest BCUT2D eigenvalue weighted by molar-refractivity contribution is -0.119. The molecule has 0 radical (unpaired) electrons. The summed E-state index contributed by atoms with van der Waals surface area (Å²) in [7, 11) is 0. The molecule has 1 unspecified atom stereocenters. The van der Waals surface area contributed by atoms with Gasteiger partial charge < -0.3 is 29.6 Å². The quantitative estimate of drug-likeness (QED) is 0.615. The minimum absolute atomic E-state index is 0.184. The van der Waals surface area contributed by atoms with Gasteiger partial charge in [0.15, 0.2) is 28.7 Å². The van der Waals surface area contributed by atoms with Crippen LogP contribution in [0.5, 0.6) is 23.0 Å². The van der Waals surface area contributed by atoms with Crippen LogP contribution in [0.1, 0.15) is 23.5 Å². The van der Waals surface area contributed by atoms with Crippen LogP contribution in [-0.2, 0) is 4.79 Å². The Bertz CT molecular complexity index is 1210. The molecule has 1 atom stereocenters. The van der Waals surface area contributed by atoms with E-state index >= 15 is 0 Å². The average Bonchev–Trinajstić information content (AvgIpc) is 3.34. The number of ether oxygens (including phenoxy) is 4. The van der Waals surface area contributed by atoms with Crippen molar-refractivity contribution in [1.29, 1.82) is 0 Å². The highest BCUT2D eigenvalue weighted by atomic mass is 16.6. The molecule has 0 saturated heterocycles. The van der Waals surface area contributed by atoms with Crippen LogP contribution in [0.25, 0.3) is 0 Å². The minimum Gasteiger partial charge on any atom is -0.486 e. The van der Waals surface area contributed by atoms with Crippen molar-refractivity contribution in [2.75, 3.05) is 37.1 Å². The second kappa shape index (κ2) is 8.73. The van der Waals surface area contributed by atoms with Crippen LogP contribution in [0.4, 0.5) is 11.4 Å². The van der Waals surface area contributed by atoms with Gasteiger partial charge in [-0.15, -0.1) is 0 Å². The molecule has 33 heavy (non-hydrogen) atoms. The number of rotatable bonds is 5. The normalized spacial score (nSPS) is 14.8. The first kappa shape index (κ1) is 20.7. The molecule has 170 valence electrons. The van der Waals surface area contributed by atoms with E-state index in [-0.39, 0.29) is 11.6 Å². The van der Waals surface area contributed by atoms with Crippen LogP contribution in [0, 0.1) is 0 Å². The fourth-order valence-corrected chi connectivity index (χ4v) is 3.48. The molecule has 2 aliphatic heterocycles. The van der Waals surface area contributed by atoms with Gasteiger partial charge in [-0.25, -0.2) is 0 Å². The van der Waals surface area contributed by atoms with Gasteiger partial charge >= 0.3 is 0 Å². The Morgan fingerprint density at radius 1 is 0.818 bits per heavy atom. The number of amides is 2. The van der Waals surface area contributed by atoms with Gasteiger partial charge in [0.1, 0.15) is 32.5 Å². The lowest BCUT2D eigenvalue weighted by Gasteiger charge is -2.19. The second-order valence-corrected chi connectivity index (χ2v) is 7.52. The summed E-state index contributed by atoms with van der Waals surface area (Å²) in [5.74, 6) is 1.77. The standard InChI is InChI=1S/C23H22N4O6/c1-14(22(28)24-15-2-4-18-20(12-15)32-10-8-30-18)27-7-6-17(26-27)23(29)25-16-3-5-19-21(13-16)33-11-9-31-19/h2-7,12-14H,8-11H2,1H3,(H,24,28)(H,25,29). The molecule has 0 fully saturated rings. The highest BCUT2D eigenvalue weighted by molar-refractivity contribution is 6.03. The lowest BCUT2D eigenvalue weighted by Crippen LogP contribution is -2.25. The highest BCUT2D eigenvalue weighted by Crippen LogP contribution is 2.33. The number of nitrogens with one attached hydrogen (secondary N) is 2. The molecule has 2 N–H and O–H groups in total. The second-order valence-electron chi connectivity index (χ2n) is 7.52. The van der Waals surface area contributed by atoms with E-state index in [1.54, 1.807) is 55.6 Å². The molecule has 1 aromatic heterocycles. The Morgan fingerprint density at radius 3 is 1.97 bits per heavy atom. The maximum atomic E-state index is 12.7. The van der Waals surface area contributed by atoms with Gasteiger partial charge in [-0.2, -0.15) is 5.10 Å². The monoisotopic (exact) mass is 450 g/mol. The molecule has 0 aliphatic carbocycles. The molecule has 10 heteroatoms. The van der Waals surface area contributed by atoms with E-state index in [1.165, 1.54) is 4.68 Å². The van der Waals surface area contributed by atoms with Crippen molar-refractivity contribution in [2.45, 2.75) is 13.0 Å². The third-order valence-corrected chi connectivity index (χ3v) is 5.23. The molecule has 2 aromatic carbocycles. The average molecular weight is 450 g/mol. The molecule has 3 heterocycles. The molecule has 10 nitrogen and oxygen atoms in total. The van der Waals surface area contributed by atoms with Crippen LogP contribution in [0.3, 0.4) is 0 Å². The lowest BCUT2D eigenvalue weighted by atomic mass is 10.2. The molecule has 2 aliphatic rings. The summed E-state index contributed by atoms with van der Waals surface area (Å²) in [6.07, 6.45) is 1.59. The number of carbonyl (C=O) groups excluding carboxylic acids is 2. The van der Waals surface area contributed by atoms with Crippen LogP contribution in [-0.4, -0.2) is 48.0 Å². The first-order valence-electron chi connectivity index (χ1n) is 10.5. The molecular formula is C23H22N4O6. The molecule has 3 aromatic rings. The van der Waals surface area contributed by atoms with Gasteiger partial charge in [0.2, 0.25) is 5.91 Å². The summed E-state index contributed by atoms with van der Waals surface area (Å²) in [4.78, 5) is 25.3. The van der Waals surface area contributed by atoms with Gasteiger partial charge in [0, 0.05) is 29.7 Å². The van der Waals surface area contributed by atoms with Crippen molar-refractivity contribution in [2.24, 2.45) is 0 Å². The number of fused-ring (bicyclic) bond motifs is 2. The van der Waals surface area contributed by atoms with Gasteiger partial charge in [-0.3, -0.25) is 14.3 Å². The van der Waals surface area contributed by atoms with Crippen molar-refractivity contribution in [3.05, 3.63) is 54.4 Å². The van der Waals surface area contributed by atoms with Gasteiger partial charge in [-0.05, 0) is 37.3 Å². The maximum absolute atomic E-state index is 12.7. The first-order chi connectivity index (χ1) is 16.1. The van der Waals surface area contributed by atoms with E-state index in [9.17, 15) is 9.59 Å². The zero-order chi connectivity index (χ0) is 22.8. The summed E-state index contributed by atoms with van der Waals surface area (Å²) in [6, 6.07) is 11.3. The number of aromatic nitrogens is 2. The third kappa shape index (κ3) is 4.40. The van der Waals surface area contributed by atoms with Gasteiger partial charge in [0.25, 0.3) is 5.91 Å². The topological polar surface area (TPSA) is 113 Å². The number of carbonyl (C=O) groups is 2. The summed E-state index contributed by atoms with van der Waals surface area (Å²) in [6.45, 7) is 3.62. The maximum Gasteiger partial charge on any atom is 0.276 e. The molecule has 2 amide bonds. The Morgan fingerprint density at radius 2 is 1.36 bits per heavy atom. The predicted molar refractivity (Wildman–Crippen MR) is 118 cm³/mol. The fraction of sp³-hybridized carbons (Fsp3) is 0.261. The van der Waals surface area contributed by atoms with Crippen molar-refractivity contribution in [3.8, 4) is 23.0 Å². The first-order valence-corrected chi connectivity index (χ1v) is 10.5. The largest absolute Gasteiger partial charge is 0.486 e. The van der Waals surface area contributed by atoms with E-state index in [0.717, 1.165) is 0 Å². The zero-order valence-corrected chi connectivity index (χ0v) is 17.9. The third-order valence-electron chi connectivity index (χ3n) is 5.23. The van der Waals surface area contributed by atoms with Crippen LogP contribution < -0.4 is 29.6 Å². The number of benzene rings is 2. The Labute approximate surface area is 189 Å². The Balaban J connectivity index is 1.23. The van der Waals surface area contributed by atoms with Crippen molar-refractivity contribution in [1.82, 2.24) is 9.78 Å². The molecular weight excluding hydrogens is 428 g/mol. The van der Waals surface area contributed by atoms with Crippen LogP contribution in [0.15, 0.2) is 48.7 Å². The molecule has 0 saturated carbocycles. The van der Waals surface area contributed by atoms with E-state index in [0.29, 0.717) is 60.8 Å². The molecule has 0 bridgehead atoms. The molecule has 5 rings (SSSR count). The Kier molecular flexibility index (Phi) is 5.47. The van der Waals surface area contributed by atoms with Crippen molar-refractivity contribution in [3.63, 3.8) is 0 Å². The SMILES string of the molecule is CC(C(=O)Nc1ccc2c(c1)OCCO2)n1ccc(C(=O)Nc2ccc3c(c2)OCCO3)n1. The van der Waals surface area contributed by atoms with E-state index < -0.39 is 11.9 Å². The van der Waals surface area contributed by atoms with Crippen LogP contribution in [0.2, 0.25) is 0 Å². The minimum atomic E-state index is -0.644. The zero-order valence-electron chi connectivity index (χ0n) is 17.9. The van der Waals surface area contributed by atoms with Gasteiger partial charge in [-0.1, -0.05) is 0 Å². The van der Waals surface area contributed by atoms with E-state index in [2.05, 4.69) is 15.7 Å². The predicted octanol–water partition coefficient (Wildman–Crippen LogP) is 2.88. The summed E-state index contributed by atoms with van der Waals surface area (Å²) in [5.41, 5.74) is 1.33. The van der Waals surface area contributed by atoms with Crippen molar-refractivity contribution < 1.29 is 28.5 Å². The number of anilines is 2. The highest BCUT2D eigenvalue weighted by Gasteiger charge is 2.20. The van der Waals surface area contributed by atoms with Crippen molar-refractivity contribution >= 4 is 23.2 Å². The van der Waals surface area contributed by atoms with Gasteiger partial charge in [0.05, 0.1) is 0 Å². The van der Waals surface area contributed by atoms with E-state index in [1.807, 2.05) is 0 Å². The van der Waals surface area contributed by atoms with E-state index in [4.69, 9.17) is 18.9 Å². The summed E-state index contributed by atoms with van der Waals surface area (Å²) in [5, 5.41) is 9.89.